The Bertz CT molecular complexity index is 840. The Morgan fingerprint density at radius 1 is 1.04 bits per heavy atom. The van der Waals surface area contributed by atoms with E-state index in [2.05, 4.69) is 5.32 Å². The highest BCUT2D eigenvalue weighted by Gasteiger charge is 2.30. The highest BCUT2D eigenvalue weighted by atomic mass is 16.5. The Balaban J connectivity index is 1.31. The molecule has 0 radical (unpaired) electrons. The number of carbonyl (C=O) groups excluding carboxylic acids is 2. The van der Waals surface area contributed by atoms with Crippen LogP contribution >= 0.6 is 0 Å². The van der Waals surface area contributed by atoms with Crippen molar-refractivity contribution in [2.24, 2.45) is 5.92 Å². The predicted octanol–water partition coefficient (Wildman–Crippen LogP) is 3.50. The fourth-order valence-corrected chi connectivity index (χ4v) is 3.71. The number of benzene rings is 2. The molecule has 5 nitrogen and oxygen atoms in total. The van der Waals surface area contributed by atoms with Gasteiger partial charge in [-0.1, -0.05) is 42.5 Å². The number of Topliss-reactive ketones (excluding diaryl/α,β-unsaturated/α-hetero) is 1. The van der Waals surface area contributed by atoms with Crippen LogP contribution in [-0.4, -0.2) is 43.7 Å². The number of carbonyl (C=O) groups is 2. The van der Waals surface area contributed by atoms with E-state index in [4.69, 9.17) is 9.47 Å². The van der Waals surface area contributed by atoms with Gasteiger partial charge in [-0.25, -0.2) is 0 Å². The molecule has 2 aliphatic rings. The van der Waals surface area contributed by atoms with Crippen LogP contribution in [0.2, 0.25) is 0 Å². The smallest absolute Gasteiger partial charge is 0.220 e. The first-order valence-corrected chi connectivity index (χ1v) is 10.2. The standard InChI is InChI=1S/C23H27NO4/c25-21(19-7-3-5-17-4-1-2-6-18(17)19)10-11-23(26)24-20-15-27-13-12-22(20)28-14-16-8-9-16/h1-7,16,20,22H,8-15H2,(H,24,26)/t20-,22+/m1/s1. The minimum atomic E-state index is -0.132. The topological polar surface area (TPSA) is 64.6 Å². The van der Waals surface area contributed by atoms with Crippen molar-refractivity contribution in [3.8, 4) is 0 Å². The van der Waals surface area contributed by atoms with Gasteiger partial charge in [-0.3, -0.25) is 9.59 Å². The predicted molar refractivity (Wildman–Crippen MR) is 107 cm³/mol. The molecule has 1 aliphatic carbocycles. The molecule has 148 valence electrons. The maximum absolute atomic E-state index is 12.7. The van der Waals surface area contributed by atoms with Crippen molar-refractivity contribution >= 4 is 22.5 Å². The van der Waals surface area contributed by atoms with E-state index in [0.29, 0.717) is 24.7 Å². The zero-order valence-corrected chi connectivity index (χ0v) is 16.1. The summed E-state index contributed by atoms with van der Waals surface area (Å²) in [6.45, 7) is 1.91. The molecule has 1 saturated carbocycles. The Hall–Kier alpha value is -2.24. The van der Waals surface area contributed by atoms with E-state index in [1.165, 1.54) is 12.8 Å². The molecule has 1 saturated heterocycles. The Kier molecular flexibility index (Phi) is 6.03. The van der Waals surface area contributed by atoms with E-state index >= 15 is 0 Å². The van der Waals surface area contributed by atoms with Crippen LogP contribution in [0.4, 0.5) is 0 Å². The van der Waals surface area contributed by atoms with Gasteiger partial charge in [0.25, 0.3) is 0 Å². The molecule has 1 heterocycles. The lowest BCUT2D eigenvalue weighted by Gasteiger charge is -2.32. The largest absolute Gasteiger partial charge is 0.379 e. The second-order valence-corrected chi connectivity index (χ2v) is 7.80. The fourth-order valence-electron chi connectivity index (χ4n) is 3.71. The average Bonchev–Trinajstić information content (AvgIpc) is 3.55. The van der Waals surface area contributed by atoms with E-state index in [0.717, 1.165) is 23.8 Å². The van der Waals surface area contributed by atoms with Crippen molar-refractivity contribution in [3.05, 3.63) is 48.0 Å². The zero-order chi connectivity index (χ0) is 19.3. The summed E-state index contributed by atoms with van der Waals surface area (Å²) < 4.78 is 11.5. The molecular weight excluding hydrogens is 354 g/mol. The van der Waals surface area contributed by atoms with Gasteiger partial charge in [-0.15, -0.1) is 0 Å². The number of rotatable bonds is 8. The SMILES string of the molecule is O=C(CCC(=O)c1cccc2ccccc12)N[C@@H]1COCC[C@@H]1OCC1CC1. The average molecular weight is 381 g/mol. The summed E-state index contributed by atoms with van der Waals surface area (Å²) in [4.78, 5) is 25.1. The minimum Gasteiger partial charge on any atom is -0.379 e. The molecule has 1 amide bonds. The molecule has 0 unspecified atom stereocenters. The van der Waals surface area contributed by atoms with E-state index < -0.39 is 0 Å². The third-order valence-corrected chi connectivity index (χ3v) is 5.55. The molecule has 1 N–H and O–H groups in total. The number of nitrogens with one attached hydrogen (secondary N) is 1. The highest BCUT2D eigenvalue weighted by Crippen LogP contribution is 2.30. The summed E-state index contributed by atoms with van der Waals surface area (Å²) in [6.07, 6.45) is 3.67. The molecule has 5 heteroatoms. The van der Waals surface area contributed by atoms with Crippen molar-refractivity contribution in [1.29, 1.82) is 0 Å². The van der Waals surface area contributed by atoms with Gasteiger partial charge >= 0.3 is 0 Å². The Morgan fingerprint density at radius 2 is 1.86 bits per heavy atom. The highest BCUT2D eigenvalue weighted by molar-refractivity contribution is 6.08. The normalized spacial score (nSPS) is 22.1. The maximum atomic E-state index is 12.7. The Morgan fingerprint density at radius 3 is 2.71 bits per heavy atom. The van der Waals surface area contributed by atoms with Crippen molar-refractivity contribution in [3.63, 3.8) is 0 Å². The monoisotopic (exact) mass is 381 g/mol. The molecule has 0 spiro atoms. The van der Waals surface area contributed by atoms with Crippen molar-refractivity contribution in [1.82, 2.24) is 5.32 Å². The van der Waals surface area contributed by atoms with Crippen LogP contribution in [0.25, 0.3) is 10.8 Å². The Labute approximate surface area is 165 Å². The molecule has 2 fully saturated rings. The van der Waals surface area contributed by atoms with Crippen LogP contribution in [0.3, 0.4) is 0 Å². The molecule has 4 rings (SSSR count). The number of ether oxygens (including phenoxy) is 2. The van der Waals surface area contributed by atoms with Crippen molar-refractivity contribution < 1.29 is 19.1 Å². The second-order valence-electron chi connectivity index (χ2n) is 7.80. The zero-order valence-electron chi connectivity index (χ0n) is 16.1. The maximum Gasteiger partial charge on any atom is 0.220 e. The van der Waals surface area contributed by atoms with Gasteiger partial charge in [0, 0.05) is 31.6 Å². The lowest BCUT2D eigenvalue weighted by atomic mass is 9.99. The van der Waals surface area contributed by atoms with Gasteiger partial charge in [0.2, 0.25) is 5.91 Å². The van der Waals surface area contributed by atoms with Crippen molar-refractivity contribution in [2.75, 3.05) is 19.8 Å². The molecule has 2 aromatic rings. The summed E-state index contributed by atoms with van der Waals surface area (Å²) >= 11 is 0. The lowest BCUT2D eigenvalue weighted by molar-refractivity contribution is -0.126. The summed E-state index contributed by atoms with van der Waals surface area (Å²) in [6, 6.07) is 13.4. The second kappa shape index (κ2) is 8.84. The van der Waals surface area contributed by atoms with E-state index in [1.807, 2.05) is 42.5 Å². The number of amides is 1. The van der Waals surface area contributed by atoms with E-state index in [-0.39, 0.29) is 36.7 Å². The van der Waals surface area contributed by atoms with E-state index in [9.17, 15) is 9.59 Å². The van der Waals surface area contributed by atoms with Gasteiger partial charge in [0.15, 0.2) is 5.78 Å². The molecule has 2 aromatic carbocycles. The van der Waals surface area contributed by atoms with Gasteiger partial charge in [0.05, 0.1) is 18.8 Å². The van der Waals surface area contributed by atoms with Gasteiger partial charge in [-0.05, 0) is 36.0 Å². The third-order valence-electron chi connectivity index (χ3n) is 5.55. The quantitative estimate of drug-likeness (QED) is 0.711. The number of ketones is 1. The summed E-state index contributed by atoms with van der Waals surface area (Å²) in [5.74, 6) is 0.565. The van der Waals surface area contributed by atoms with Crippen LogP contribution in [0.1, 0.15) is 42.5 Å². The number of fused-ring (bicyclic) bond motifs is 1. The van der Waals surface area contributed by atoms with Crippen LogP contribution in [0, 0.1) is 5.92 Å². The fraction of sp³-hybridized carbons (Fsp3) is 0.478. The van der Waals surface area contributed by atoms with Crippen molar-refractivity contribution in [2.45, 2.75) is 44.2 Å². The molecule has 0 aromatic heterocycles. The molecule has 0 bridgehead atoms. The van der Waals surface area contributed by atoms with Crippen LogP contribution in [0.5, 0.6) is 0 Å². The lowest BCUT2D eigenvalue weighted by Crippen LogP contribution is -2.50. The number of hydrogen-bond acceptors (Lipinski definition) is 4. The summed E-state index contributed by atoms with van der Waals surface area (Å²) in [7, 11) is 0. The molecular formula is C23H27NO4. The first kappa shape index (κ1) is 19.1. The van der Waals surface area contributed by atoms with Gasteiger partial charge in [-0.2, -0.15) is 0 Å². The van der Waals surface area contributed by atoms with Crippen LogP contribution in [0.15, 0.2) is 42.5 Å². The number of hydrogen-bond donors (Lipinski definition) is 1. The van der Waals surface area contributed by atoms with Crippen LogP contribution in [-0.2, 0) is 14.3 Å². The van der Waals surface area contributed by atoms with Gasteiger partial charge < -0.3 is 14.8 Å². The minimum absolute atomic E-state index is 0.00613. The molecule has 28 heavy (non-hydrogen) atoms. The van der Waals surface area contributed by atoms with E-state index in [1.54, 1.807) is 0 Å². The molecule has 2 atom stereocenters. The first-order chi connectivity index (χ1) is 13.7. The van der Waals surface area contributed by atoms with Gasteiger partial charge in [0.1, 0.15) is 0 Å². The molecule has 1 aliphatic heterocycles. The summed E-state index contributed by atoms with van der Waals surface area (Å²) in [5.41, 5.74) is 0.678. The first-order valence-electron chi connectivity index (χ1n) is 10.2. The van der Waals surface area contributed by atoms with Crippen LogP contribution < -0.4 is 5.32 Å². The summed E-state index contributed by atoms with van der Waals surface area (Å²) in [5, 5.41) is 4.99. The third kappa shape index (κ3) is 4.78.